The largest absolute Gasteiger partial charge is 0.490 e. The standard InChI is InChI=1S/C23H29N7O3S/c1-30-22(24)18(14-26-30)19-9-10-25-23(28-19)27-15-3-5-16(6-4-15)29-34(31)17-7-8-20-21(13-17)33-12-2-11-32-20/h7-10,13-16,29H,2-6,11-12,24H2,1H3,(H,25,27,28). The summed E-state index contributed by atoms with van der Waals surface area (Å²) in [5.41, 5.74) is 7.61. The average Bonchev–Trinajstić information content (AvgIpc) is 3.04. The molecule has 1 aliphatic heterocycles. The van der Waals surface area contributed by atoms with E-state index >= 15 is 0 Å². The third kappa shape index (κ3) is 5.00. The molecule has 180 valence electrons. The Kier molecular flexibility index (Phi) is 6.63. The van der Waals surface area contributed by atoms with E-state index in [0.717, 1.165) is 43.4 Å². The first-order valence-electron chi connectivity index (χ1n) is 11.5. The van der Waals surface area contributed by atoms with E-state index in [4.69, 9.17) is 15.2 Å². The Bertz CT molecular complexity index is 1180. The summed E-state index contributed by atoms with van der Waals surface area (Å²) in [6, 6.07) is 7.75. The minimum atomic E-state index is -1.31. The Labute approximate surface area is 200 Å². The van der Waals surface area contributed by atoms with E-state index in [9.17, 15) is 4.21 Å². The van der Waals surface area contributed by atoms with E-state index in [-0.39, 0.29) is 12.1 Å². The third-order valence-electron chi connectivity index (χ3n) is 6.18. The fraction of sp³-hybridized carbons (Fsp3) is 0.435. The first-order chi connectivity index (χ1) is 16.6. The van der Waals surface area contributed by atoms with E-state index in [2.05, 4.69) is 25.1 Å². The zero-order valence-electron chi connectivity index (χ0n) is 19.1. The quantitative estimate of drug-likeness (QED) is 0.488. The molecule has 1 aliphatic carbocycles. The van der Waals surface area contributed by atoms with Crippen LogP contribution >= 0.6 is 0 Å². The number of fused-ring (bicyclic) bond motifs is 1. The number of rotatable bonds is 6. The van der Waals surface area contributed by atoms with Gasteiger partial charge in [0, 0.05) is 37.8 Å². The fourth-order valence-electron chi connectivity index (χ4n) is 4.24. The highest BCUT2D eigenvalue weighted by molar-refractivity contribution is 7.83. The summed E-state index contributed by atoms with van der Waals surface area (Å²) in [5.74, 6) is 2.52. The Balaban J connectivity index is 1.15. The molecule has 3 aromatic rings. The van der Waals surface area contributed by atoms with Crippen molar-refractivity contribution in [1.29, 1.82) is 0 Å². The molecule has 1 atom stereocenters. The predicted octanol–water partition coefficient (Wildman–Crippen LogP) is 2.66. The van der Waals surface area contributed by atoms with Crippen LogP contribution in [0.1, 0.15) is 32.1 Å². The van der Waals surface area contributed by atoms with Crippen molar-refractivity contribution in [2.45, 2.75) is 49.1 Å². The highest BCUT2D eigenvalue weighted by atomic mass is 32.2. The monoisotopic (exact) mass is 483 g/mol. The lowest BCUT2D eigenvalue weighted by atomic mass is 9.92. The molecule has 3 heterocycles. The molecule has 1 unspecified atom stereocenters. The summed E-state index contributed by atoms with van der Waals surface area (Å²) < 4.78 is 29.2. The van der Waals surface area contributed by atoms with E-state index < -0.39 is 11.0 Å². The lowest BCUT2D eigenvalue weighted by molar-refractivity contribution is 0.297. The van der Waals surface area contributed by atoms with Crippen molar-refractivity contribution in [2.24, 2.45) is 7.05 Å². The molecule has 0 saturated heterocycles. The topological polar surface area (TPSA) is 129 Å². The summed E-state index contributed by atoms with van der Waals surface area (Å²) in [6.07, 6.45) is 7.95. The minimum absolute atomic E-state index is 0.178. The molecule has 1 saturated carbocycles. The maximum Gasteiger partial charge on any atom is 0.223 e. The van der Waals surface area contributed by atoms with Crippen LogP contribution in [-0.4, -0.2) is 49.3 Å². The molecule has 1 fully saturated rings. The van der Waals surface area contributed by atoms with Crippen molar-refractivity contribution in [3.05, 3.63) is 36.7 Å². The van der Waals surface area contributed by atoms with Gasteiger partial charge in [-0.1, -0.05) is 0 Å². The van der Waals surface area contributed by atoms with Gasteiger partial charge in [-0.3, -0.25) is 4.68 Å². The number of anilines is 2. The number of nitrogens with two attached hydrogens (primary N) is 1. The van der Waals surface area contributed by atoms with Crippen LogP contribution in [0, 0.1) is 0 Å². The van der Waals surface area contributed by atoms with Gasteiger partial charge in [0.1, 0.15) is 16.8 Å². The van der Waals surface area contributed by atoms with Gasteiger partial charge in [-0.25, -0.2) is 18.9 Å². The van der Waals surface area contributed by atoms with E-state index in [1.807, 2.05) is 24.3 Å². The van der Waals surface area contributed by atoms with Gasteiger partial charge in [0.25, 0.3) is 0 Å². The maximum atomic E-state index is 12.9. The highest BCUT2D eigenvalue weighted by Gasteiger charge is 2.24. The number of nitrogens with zero attached hydrogens (tertiary/aromatic N) is 4. The average molecular weight is 484 g/mol. The van der Waals surface area contributed by atoms with Crippen molar-refractivity contribution in [1.82, 2.24) is 24.5 Å². The normalized spacial score (nSPS) is 21.0. The van der Waals surface area contributed by atoms with Gasteiger partial charge in [-0.2, -0.15) is 5.10 Å². The summed E-state index contributed by atoms with van der Waals surface area (Å²) in [6.45, 7) is 1.24. The van der Waals surface area contributed by atoms with Gasteiger partial charge in [0.05, 0.1) is 35.6 Å². The van der Waals surface area contributed by atoms with Crippen molar-refractivity contribution in [2.75, 3.05) is 24.3 Å². The minimum Gasteiger partial charge on any atom is -0.490 e. The van der Waals surface area contributed by atoms with Crippen LogP contribution in [-0.2, 0) is 18.0 Å². The summed E-state index contributed by atoms with van der Waals surface area (Å²) in [4.78, 5) is 9.68. The zero-order valence-corrected chi connectivity index (χ0v) is 19.9. The molecule has 0 amide bonds. The Morgan fingerprint density at radius 1 is 1.09 bits per heavy atom. The SMILES string of the molecule is Cn1ncc(-c2ccnc(NC3CCC(NS(=O)c4ccc5c(c4)OCCCO5)CC3)n2)c1N. The smallest absolute Gasteiger partial charge is 0.223 e. The zero-order chi connectivity index (χ0) is 23.5. The Hall–Kier alpha value is -3.18. The molecular formula is C23H29N7O3S. The van der Waals surface area contributed by atoms with Crippen molar-refractivity contribution in [3.63, 3.8) is 0 Å². The second-order valence-corrected chi connectivity index (χ2v) is 9.82. The number of nitrogens with one attached hydrogen (secondary N) is 2. The highest BCUT2D eigenvalue weighted by Crippen LogP contribution is 2.32. The first-order valence-corrected chi connectivity index (χ1v) is 12.7. The molecule has 0 spiro atoms. The summed E-state index contributed by atoms with van der Waals surface area (Å²) in [5, 5.41) is 7.62. The maximum absolute atomic E-state index is 12.9. The Morgan fingerprint density at radius 3 is 2.62 bits per heavy atom. The molecule has 4 N–H and O–H groups in total. The van der Waals surface area contributed by atoms with Crippen molar-refractivity contribution in [3.8, 4) is 22.8 Å². The van der Waals surface area contributed by atoms with Crippen molar-refractivity contribution >= 4 is 22.8 Å². The van der Waals surface area contributed by atoms with E-state index in [0.29, 0.717) is 41.4 Å². The lowest BCUT2D eigenvalue weighted by Crippen LogP contribution is -2.38. The molecule has 34 heavy (non-hydrogen) atoms. The van der Waals surface area contributed by atoms with Gasteiger partial charge < -0.3 is 20.5 Å². The van der Waals surface area contributed by atoms with Gasteiger partial charge >= 0.3 is 0 Å². The van der Waals surface area contributed by atoms with Gasteiger partial charge in [0.15, 0.2) is 11.5 Å². The summed E-state index contributed by atoms with van der Waals surface area (Å²) in [7, 11) is 0.491. The molecule has 2 aromatic heterocycles. The molecule has 1 aromatic carbocycles. The number of aromatic nitrogens is 4. The van der Waals surface area contributed by atoms with Crippen LogP contribution in [0.25, 0.3) is 11.3 Å². The van der Waals surface area contributed by atoms with Crippen LogP contribution in [0.3, 0.4) is 0 Å². The van der Waals surface area contributed by atoms with Crippen molar-refractivity contribution < 1.29 is 13.7 Å². The second kappa shape index (κ2) is 9.98. The summed E-state index contributed by atoms with van der Waals surface area (Å²) >= 11 is 0. The number of benzene rings is 1. The lowest BCUT2D eigenvalue weighted by Gasteiger charge is -2.29. The number of aryl methyl sites for hydroxylation is 1. The molecule has 5 rings (SSSR count). The van der Waals surface area contributed by atoms with Crippen LogP contribution in [0.2, 0.25) is 0 Å². The first kappa shape index (κ1) is 22.6. The number of hydrogen-bond acceptors (Lipinski definition) is 8. The third-order valence-corrected chi connectivity index (χ3v) is 7.41. The van der Waals surface area contributed by atoms with Crippen LogP contribution < -0.4 is 25.2 Å². The molecule has 0 radical (unpaired) electrons. The Morgan fingerprint density at radius 2 is 1.85 bits per heavy atom. The molecule has 2 aliphatic rings. The van der Waals surface area contributed by atoms with E-state index in [1.54, 1.807) is 24.1 Å². The van der Waals surface area contributed by atoms with Gasteiger partial charge in [-0.15, -0.1) is 0 Å². The van der Waals surface area contributed by atoms with Gasteiger partial charge in [-0.05, 0) is 43.9 Å². The fourth-order valence-corrected chi connectivity index (χ4v) is 5.32. The molecule has 10 nitrogen and oxygen atoms in total. The number of hydrogen-bond donors (Lipinski definition) is 3. The number of nitrogen functional groups attached to an aromatic ring is 1. The van der Waals surface area contributed by atoms with Crippen LogP contribution in [0.5, 0.6) is 11.5 Å². The van der Waals surface area contributed by atoms with Gasteiger partial charge in [0.2, 0.25) is 5.95 Å². The predicted molar refractivity (Wildman–Crippen MR) is 130 cm³/mol. The van der Waals surface area contributed by atoms with Crippen LogP contribution in [0.15, 0.2) is 41.6 Å². The number of ether oxygens (including phenoxy) is 2. The molecular weight excluding hydrogens is 454 g/mol. The van der Waals surface area contributed by atoms with E-state index in [1.165, 1.54) is 0 Å². The molecule has 0 bridgehead atoms. The second-order valence-electron chi connectivity index (χ2n) is 8.57. The van der Waals surface area contributed by atoms with Crippen LogP contribution in [0.4, 0.5) is 11.8 Å². The molecule has 11 heteroatoms.